The van der Waals surface area contributed by atoms with Crippen molar-refractivity contribution in [3.8, 4) is 16.3 Å². The molecule has 0 fully saturated rings. The number of hydrogen-bond acceptors (Lipinski definition) is 4. The Hall–Kier alpha value is -3.65. The highest BCUT2D eigenvalue weighted by Crippen LogP contribution is 2.34. The second-order valence-corrected chi connectivity index (χ2v) is 8.80. The van der Waals surface area contributed by atoms with Crippen LogP contribution in [0, 0.1) is 13.8 Å². The number of carbonyl (C=O) groups is 1. The van der Waals surface area contributed by atoms with Crippen molar-refractivity contribution >= 4 is 28.3 Å². The molecule has 7 nitrogen and oxygen atoms in total. The zero-order chi connectivity index (χ0) is 22.4. The van der Waals surface area contributed by atoms with Gasteiger partial charge in [-0.15, -0.1) is 11.3 Å². The SMILES string of the molecule is Cc1nn(C)c(C)c1CNC(=O)c1cc2c(-c3cccs3)nn(-c3ccccc3)c2n1C. The predicted molar refractivity (Wildman–Crippen MR) is 127 cm³/mol. The van der Waals surface area contributed by atoms with Crippen LogP contribution in [-0.4, -0.2) is 30.0 Å². The molecule has 0 saturated carbocycles. The number of aryl methyl sites for hydroxylation is 3. The molecule has 0 unspecified atom stereocenters. The van der Waals surface area contributed by atoms with Crippen LogP contribution in [0.3, 0.4) is 0 Å². The largest absolute Gasteiger partial charge is 0.347 e. The first-order valence-corrected chi connectivity index (χ1v) is 11.3. The summed E-state index contributed by atoms with van der Waals surface area (Å²) in [7, 11) is 3.83. The lowest BCUT2D eigenvalue weighted by molar-refractivity contribution is 0.0943. The zero-order valence-corrected chi connectivity index (χ0v) is 19.3. The van der Waals surface area contributed by atoms with E-state index in [-0.39, 0.29) is 5.91 Å². The monoisotopic (exact) mass is 444 g/mol. The van der Waals surface area contributed by atoms with Crippen LogP contribution in [0.2, 0.25) is 0 Å². The number of rotatable bonds is 5. The molecule has 0 aliphatic rings. The first-order chi connectivity index (χ1) is 15.5. The lowest BCUT2D eigenvalue weighted by atomic mass is 10.2. The number of thiophene rings is 1. The summed E-state index contributed by atoms with van der Waals surface area (Å²) in [6.07, 6.45) is 0. The summed E-state index contributed by atoms with van der Waals surface area (Å²) in [4.78, 5) is 14.3. The third-order valence-electron chi connectivity index (χ3n) is 5.93. The summed E-state index contributed by atoms with van der Waals surface area (Å²) < 4.78 is 5.68. The summed E-state index contributed by atoms with van der Waals surface area (Å²) in [5.41, 5.74) is 6.36. The topological polar surface area (TPSA) is 69.7 Å². The number of carbonyl (C=O) groups excluding carboxylic acids is 1. The Morgan fingerprint density at radius 1 is 1.06 bits per heavy atom. The first-order valence-electron chi connectivity index (χ1n) is 10.4. The van der Waals surface area contributed by atoms with Gasteiger partial charge in [-0.25, -0.2) is 4.68 Å². The molecule has 0 atom stereocenters. The second kappa shape index (κ2) is 7.80. The summed E-state index contributed by atoms with van der Waals surface area (Å²) in [5.74, 6) is -0.122. The Morgan fingerprint density at radius 2 is 1.84 bits per heavy atom. The van der Waals surface area contributed by atoms with E-state index >= 15 is 0 Å². The molecule has 5 rings (SSSR count). The number of nitrogens with one attached hydrogen (secondary N) is 1. The van der Waals surface area contributed by atoms with Crippen LogP contribution in [0.1, 0.15) is 27.4 Å². The average molecular weight is 445 g/mol. The summed E-state index contributed by atoms with van der Waals surface area (Å²) in [5, 5.41) is 15.4. The molecule has 5 aromatic rings. The lowest BCUT2D eigenvalue weighted by Gasteiger charge is -2.09. The maximum Gasteiger partial charge on any atom is 0.268 e. The fraction of sp³-hybridized carbons (Fsp3) is 0.208. The van der Waals surface area contributed by atoms with Crippen molar-refractivity contribution in [1.82, 2.24) is 29.4 Å². The Morgan fingerprint density at radius 3 is 2.50 bits per heavy atom. The Labute approximate surface area is 189 Å². The Kier molecular flexibility index (Phi) is 4.94. The van der Waals surface area contributed by atoms with Crippen LogP contribution in [0.15, 0.2) is 53.9 Å². The van der Waals surface area contributed by atoms with Crippen LogP contribution in [0.5, 0.6) is 0 Å². The molecule has 0 radical (unpaired) electrons. The van der Waals surface area contributed by atoms with E-state index in [0.717, 1.165) is 44.2 Å². The van der Waals surface area contributed by atoms with Gasteiger partial charge in [0, 0.05) is 37.3 Å². The van der Waals surface area contributed by atoms with Crippen molar-refractivity contribution in [3.63, 3.8) is 0 Å². The molecule has 0 aliphatic heterocycles. The molecule has 0 aliphatic carbocycles. The minimum Gasteiger partial charge on any atom is -0.347 e. The van der Waals surface area contributed by atoms with Crippen LogP contribution >= 0.6 is 11.3 Å². The van der Waals surface area contributed by atoms with Gasteiger partial charge in [0.1, 0.15) is 17.0 Å². The molecule has 1 N–H and O–H groups in total. The molecule has 1 aromatic carbocycles. The smallest absolute Gasteiger partial charge is 0.268 e. The normalized spacial score (nSPS) is 11.4. The van der Waals surface area contributed by atoms with Crippen molar-refractivity contribution in [2.75, 3.05) is 0 Å². The van der Waals surface area contributed by atoms with Crippen LogP contribution < -0.4 is 5.32 Å². The molecular weight excluding hydrogens is 420 g/mol. The van der Waals surface area contributed by atoms with Gasteiger partial charge in [0.05, 0.1) is 16.3 Å². The van der Waals surface area contributed by atoms with Crippen molar-refractivity contribution < 1.29 is 4.79 Å². The fourth-order valence-electron chi connectivity index (χ4n) is 4.12. The summed E-state index contributed by atoms with van der Waals surface area (Å²) >= 11 is 1.64. The van der Waals surface area contributed by atoms with Crippen molar-refractivity contribution in [2.24, 2.45) is 14.1 Å². The van der Waals surface area contributed by atoms with E-state index in [4.69, 9.17) is 5.10 Å². The van der Waals surface area contributed by atoms with E-state index in [1.54, 1.807) is 11.3 Å². The van der Waals surface area contributed by atoms with E-state index in [0.29, 0.717) is 12.2 Å². The third kappa shape index (κ3) is 3.23. The third-order valence-corrected chi connectivity index (χ3v) is 6.81. The minimum absolute atomic E-state index is 0.122. The van der Waals surface area contributed by atoms with Crippen molar-refractivity contribution in [2.45, 2.75) is 20.4 Å². The quantitative estimate of drug-likeness (QED) is 0.438. The number of aromatic nitrogens is 5. The molecule has 0 bridgehead atoms. The molecule has 162 valence electrons. The summed E-state index contributed by atoms with van der Waals surface area (Å²) in [6.45, 7) is 4.42. The number of nitrogens with zero attached hydrogens (tertiary/aromatic N) is 5. The highest BCUT2D eigenvalue weighted by Gasteiger charge is 2.23. The number of amides is 1. The van der Waals surface area contributed by atoms with Gasteiger partial charge < -0.3 is 9.88 Å². The standard InChI is InChI=1S/C24H24N6OS/c1-15-19(16(2)29(4)26-15)14-25-23(31)20-13-18-22(21-11-8-12-32-21)27-30(24(18)28(20)3)17-9-6-5-7-10-17/h5-13H,14H2,1-4H3,(H,25,31). The average Bonchev–Trinajstić information content (AvgIpc) is 3.55. The van der Waals surface area contributed by atoms with Crippen molar-refractivity contribution in [3.05, 3.63) is 76.6 Å². The van der Waals surface area contributed by atoms with Gasteiger partial charge in [0.25, 0.3) is 5.91 Å². The lowest BCUT2D eigenvalue weighted by Crippen LogP contribution is -2.25. The van der Waals surface area contributed by atoms with E-state index < -0.39 is 0 Å². The van der Waals surface area contributed by atoms with Gasteiger partial charge in [-0.3, -0.25) is 9.48 Å². The molecule has 1 amide bonds. The van der Waals surface area contributed by atoms with E-state index in [9.17, 15) is 4.79 Å². The number of fused-ring (bicyclic) bond motifs is 1. The highest BCUT2D eigenvalue weighted by molar-refractivity contribution is 7.13. The predicted octanol–water partition coefficient (Wildman–Crippen LogP) is 4.37. The van der Waals surface area contributed by atoms with Gasteiger partial charge in [-0.2, -0.15) is 10.2 Å². The van der Waals surface area contributed by atoms with Crippen molar-refractivity contribution in [1.29, 1.82) is 0 Å². The maximum atomic E-state index is 13.2. The maximum absolute atomic E-state index is 13.2. The minimum atomic E-state index is -0.122. The molecule has 4 heterocycles. The van der Waals surface area contributed by atoms with Gasteiger partial charge in [0.2, 0.25) is 0 Å². The molecule has 0 spiro atoms. The van der Waals surface area contributed by atoms with E-state index in [1.807, 2.05) is 89.7 Å². The fourth-order valence-corrected chi connectivity index (χ4v) is 4.84. The molecule has 0 saturated heterocycles. The van der Waals surface area contributed by atoms with Crippen LogP contribution in [0.25, 0.3) is 27.3 Å². The molecule has 4 aromatic heterocycles. The van der Waals surface area contributed by atoms with E-state index in [1.165, 1.54) is 0 Å². The zero-order valence-electron chi connectivity index (χ0n) is 18.5. The van der Waals surface area contributed by atoms with Gasteiger partial charge in [0.15, 0.2) is 0 Å². The molecule has 8 heteroatoms. The van der Waals surface area contributed by atoms with Gasteiger partial charge in [-0.05, 0) is 43.5 Å². The number of para-hydroxylation sites is 1. The Balaban J connectivity index is 1.57. The van der Waals surface area contributed by atoms with Gasteiger partial charge in [-0.1, -0.05) is 24.3 Å². The summed E-state index contributed by atoms with van der Waals surface area (Å²) in [6, 6.07) is 16.0. The van der Waals surface area contributed by atoms with E-state index in [2.05, 4.69) is 16.5 Å². The molecular formula is C24H24N6OS. The number of hydrogen-bond donors (Lipinski definition) is 1. The second-order valence-electron chi connectivity index (χ2n) is 7.85. The number of benzene rings is 1. The van der Waals surface area contributed by atoms with Crippen LogP contribution in [0.4, 0.5) is 0 Å². The molecule has 32 heavy (non-hydrogen) atoms. The highest BCUT2D eigenvalue weighted by atomic mass is 32.1. The van der Waals surface area contributed by atoms with Crippen LogP contribution in [-0.2, 0) is 20.6 Å². The van der Waals surface area contributed by atoms with Gasteiger partial charge >= 0.3 is 0 Å². The first kappa shape index (κ1) is 20.3. The Bertz CT molecular complexity index is 1420.